The zero-order valence-corrected chi connectivity index (χ0v) is 18.8. The number of carbonyl (C=O) groups excluding carboxylic acids is 1. The van der Waals surface area contributed by atoms with Gasteiger partial charge in [0, 0.05) is 13.0 Å². The van der Waals surface area contributed by atoms with Gasteiger partial charge in [-0.2, -0.15) is 0 Å². The van der Waals surface area contributed by atoms with Crippen molar-refractivity contribution in [2.24, 2.45) is 0 Å². The fourth-order valence-electron chi connectivity index (χ4n) is 3.19. The Balaban J connectivity index is 1.94. The summed E-state index contributed by atoms with van der Waals surface area (Å²) in [6.45, 7) is 8.29. The number of nitrogens with zero attached hydrogens (tertiary/aromatic N) is 1. The Kier molecular flexibility index (Phi) is 7.85. The number of aryl methyl sites for hydroxylation is 3. The smallest absolute Gasteiger partial charge is 0.232 e. The van der Waals surface area contributed by atoms with Crippen LogP contribution in [0.15, 0.2) is 42.5 Å². The van der Waals surface area contributed by atoms with Crippen LogP contribution in [0.3, 0.4) is 0 Å². The number of sulfonamides is 1. The van der Waals surface area contributed by atoms with Crippen molar-refractivity contribution in [3.63, 3.8) is 0 Å². The van der Waals surface area contributed by atoms with E-state index >= 15 is 0 Å². The number of hydrogen-bond donors (Lipinski definition) is 1. The van der Waals surface area contributed by atoms with Crippen LogP contribution in [0, 0.1) is 13.8 Å². The number of nitrogens with one attached hydrogen (secondary N) is 1. The Bertz CT molecular complexity index is 937. The van der Waals surface area contributed by atoms with E-state index in [4.69, 9.17) is 0 Å². The summed E-state index contributed by atoms with van der Waals surface area (Å²) >= 11 is 0. The van der Waals surface area contributed by atoms with Crippen LogP contribution in [0.2, 0.25) is 0 Å². The van der Waals surface area contributed by atoms with E-state index in [1.165, 1.54) is 16.1 Å². The average Bonchev–Trinajstić information content (AvgIpc) is 2.66. The number of amides is 1. The molecule has 6 heteroatoms. The highest BCUT2D eigenvalue weighted by molar-refractivity contribution is 7.92. The average molecular weight is 417 g/mol. The van der Waals surface area contributed by atoms with Gasteiger partial charge in [0.2, 0.25) is 15.9 Å². The molecule has 0 aromatic heterocycles. The third-order valence-corrected chi connectivity index (χ3v) is 6.40. The van der Waals surface area contributed by atoms with Gasteiger partial charge >= 0.3 is 0 Å². The molecule has 2 aromatic carbocycles. The molecule has 0 bridgehead atoms. The van der Waals surface area contributed by atoms with Crippen LogP contribution in [-0.4, -0.2) is 27.1 Å². The molecule has 1 N–H and O–H groups in total. The van der Waals surface area contributed by atoms with E-state index in [0.717, 1.165) is 23.1 Å². The van der Waals surface area contributed by atoms with E-state index in [-0.39, 0.29) is 24.9 Å². The molecule has 0 aliphatic heterocycles. The summed E-state index contributed by atoms with van der Waals surface area (Å²) in [5, 5.41) is 3.00. The van der Waals surface area contributed by atoms with Gasteiger partial charge in [0.1, 0.15) is 0 Å². The first-order chi connectivity index (χ1) is 13.6. The number of benzene rings is 2. The zero-order chi connectivity index (χ0) is 21.6. The van der Waals surface area contributed by atoms with Crippen LogP contribution in [-0.2, 0) is 21.2 Å². The summed E-state index contributed by atoms with van der Waals surface area (Å²) in [6, 6.07) is 13.7. The molecule has 0 heterocycles. The molecule has 2 aromatic rings. The van der Waals surface area contributed by atoms with Crippen molar-refractivity contribution in [3.05, 3.63) is 64.7 Å². The lowest BCUT2D eigenvalue weighted by Gasteiger charge is -2.23. The topological polar surface area (TPSA) is 66.5 Å². The van der Waals surface area contributed by atoms with Gasteiger partial charge in [-0.05, 0) is 68.0 Å². The summed E-state index contributed by atoms with van der Waals surface area (Å²) in [4.78, 5) is 12.3. The van der Waals surface area contributed by atoms with Crippen LogP contribution in [0.1, 0.15) is 55.0 Å². The zero-order valence-electron chi connectivity index (χ0n) is 18.0. The second-order valence-electron chi connectivity index (χ2n) is 7.59. The van der Waals surface area contributed by atoms with Crippen LogP contribution < -0.4 is 9.62 Å². The first kappa shape index (κ1) is 22.9. The van der Waals surface area contributed by atoms with Gasteiger partial charge in [0.25, 0.3) is 0 Å². The SMILES string of the molecule is CCc1ccc([C@H](C)NC(=O)CCCN(c2ccc(C)c(C)c2)S(C)(=O)=O)cc1. The van der Waals surface area contributed by atoms with Crippen molar-refractivity contribution in [1.82, 2.24) is 5.32 Å². The van der Waals surface area contributed by atoms with E-state index in [2.05, 4.69) is 24.4 Å². The van der Waals surface area contributed by atoms with Crippen molar-refractivity contribution in [2.45, 2.75) is 53.0 Å². The Hall–Kier alpha value is -2.34. The molecular formula is C23H32N2O3S. The molecule has 0 radical (unpaired) electrons. The quantitative estimate of drug-likeness (QED) is 0.663. The lowest BCUT2D eigenvalue weighted by Crippen LogP contribution is -2.32. The molecular weight excluding hydrogens is 384 g/mol. The molecule has 0 spiro atoms. The Morgan fingerprint density at radius 2 is 1.72 bits per heavy atom. The lowest BCUT2D eigenvalue weighted by atomic mass is 10.0. The molecule has 2 rings (SSSR count). The summed E-state index contributed by atoms with van der Waals surface area (Å²) in [7, 11) is -3.42. The van der Waals surface area contributed by atoms with Crippen molar-refractivity contribution in [3.8, 4) is 0 Å². The fraction of sp³-hybridized carbons (Fsp3) is 0.435. The maximum absolute atomic E-state index is 12.3. The highest BCUT2D eigenvalue weighted by atomic mass is 32.2. The number of rotatable bonds is 9. The fourth-order valence-corrected chi connectivity index (χ4v) is 4.15. The Morgan fingerprint density at radius 1 is 1.07 bits per heavy atom. The minimum Gasteiger partial charge on any atom is -0.350 e. The first-order valence-electron chi connectivity index (χ1n) is 10.0. The van der Waals surface area contributed by atoms with Crippen molar-refractivity contribution < 1.29 is 13.2 Å². The molecule has 1 atom stereocenters. The molecule has 158 valence electrons. The summed E-state index contributed by atoms with van der Waals surface area (Å²) < 4.78 is 25.9. The molecule has 0 unspecified atom stereocenters. The van der Waals surface area contributed by atoms with E-state index in [9.17, 15) is 13.2 Å². The van der Waals surface area contributed by atoms with E-state index < -0.39 is 10.0 Å². The molecule has 29 heavy (non-hydrogen) atoms. The van der Waals surface area contributed by atoms with Crippen LogP contribution in [0.25, 0.3) is 0 Å². The molecule has 0 aliphatic carbocycles. The minimum atomic E-state index is -3.42. The molecule has 0 fully saturated rings. The molecule has 0 saturated heterocycles. The summed E-state index contributed by atoms with van der Waals surface area (Å²) in [5.74, 6) is -0.0781. The predicted molar refractivity (Wildman–Crippen MR) is 120 cm³/mol. The summed E-state index contributed by atoms with van der Waals surface area (Å²) in [6.07, 6.45) is 2.91. The van der Waals surface area contributed by atoms with E-state index in [1.54, 1.807) is 0 Å². The van der Waals surface area contributed by atoms with Gasteiger partial charge in [0.15, 0.2) is 0 Å². The van der Waals surface area contributed by atoms with Gasteiger partial charge in [0.05, 0.1) is 18.0 Å². The second-order valence-corrected chi connectivity index (χ2v) is 9.50. The first-order valence-corrected chi connectivity index (χ1v) is 11.9. The van der Waals surface area contributed by atoms with Gasteiger partial charge in [-0.3, -0.25) is 9.10 Å². The third kappa shape index (κ3) is 6.60. The van der Waals surface area contributed by atoms with Crippen LogP contribution in [0.4, 0.5) is 5.69 Å². The third-order valence-electron chi connectivity index (χ3n) is 5.21. The molecule has 0 saturated carbocycles. The summed E-state index contributed by atoms with van der Waals surface area (Å²) in [5.41, 5.74) is 5.11. The normalized spacial score (nSPS) is 12.4. The predicted octanol–water partition coefficient (Wildman–Crippen LogP) is 4.29. The maximum atomic E-state index is 12.3. The number of anilines is 1. The molecule has 0 aliphatic rings. The second kappa shape index (κ2) is 9.92. The standard InChI is InChI=1S/C23H32N2O3S/c1-6-20-10-12-21(13-11-20)19(4)24-23(26)8-7-15-25(29(5,27)28)22-14-9-17(2)18(3)16-22/h9-14,16,19H,6-8,15H2,1-5H3,(H,24,26)/t19-/m0/s1. The largest absolute Gasteiger partial charge is 0.350 e. The van der Waals surface area contributed by atoms with E-state index in [1.807, 2.05) is 51.1 Å². The highest BCUT2D eigenvalue weighted by Crippen LogP contribution is 2.22. The Morgan fingerprint density at radius 3 is 2.28 bits per heavy atom. The van der Waals surface area contributed by atoms with Crippen LogP contribution in [0.5, 0.6) is 0 Å². The number of hydrogen-bond acceptors (Lipinski definition) is 3. The molecule has 5 nitrogen and oxygen atoms in total. The van der Waals surface area contributed by atoms with Crippen molar-refractivity contribution in [1.29, 1.82) is 0 Å². The maximum Gasteiger partial charge on any atom is 0.232 e. The minimum absolute atomic E-state index is 0.0781. The highest BCUT2D eigenvalue weighted by Gasteiger charge is 2.18. The lowest BCUT2D eigenvalue weighted by molar-refractivity contribution is -0.121. The van der Waals surface area contributed by atoms with Crippen molar-refractivity contribution in [2.75, 3.05) is 17.1 Å². The monoisotopic (exact) mass is 416 g/mol. The Labute approximate surface area is 175 Å². The van der Waals surface area contributed by atoms with Gasteiger partial charge in [-0.25, -0.2) is 8.42 Å². The van der Waals surface area contributed by atoms with Crippen LogP contribution >= 0.6 is 0 Å². The molecule has 1 amide bonds. The van der Waals surface area contributed by atoms with Crippen molar-refractivity contribution >= 4 is 21.6 Å². The van der Waals surface area contributed by atoms with Gasteiger partial charge in [-0.15, -0.1) is 0 Å². The van der Waals surface area contributed by atoms with E-state index in [0.29, 0.717) is 12.1 Å². The van der Waals surface area contributed by atoms with Gasteiger partial charge in [-0.1, -0.05) is 37.3 Å². The number of carbonyl (C=O) groups is 1. The van der Waals surface area contributed by atoms with Gasteiger partial charge < -0.3 is 5.32 Å².